The summed E-state index contributed by atoms with van der Waals surface area (Å²) in [6.07, 6.45) is 4.80. The van der Waals surface area contributed by atoms with E-state index in [1.54, 1.807) is 6.07 Å². The van der Waals surface area contributed by atoms with E-state index in [-0.39, 0.29) is 5.91 Å². The van der Waals surface area contributed by atoms with E-state index in [0.29, 0.717) is 11.5 Å². The number of carboxylic acids is 1. The van der Waals surface area contributed by atoms with Crippen molar-refractivity contribution in [2.24, 2.45) is 5.92 Å². The van der Waals surface area contributed by atoms with Gasteiger partial charge in [-0.25, -0.2) is 4.79 Å². The Morgan fingerprint density at radius 3 is 2.81 bits per heavy atom. The average molecular weight is 287 g/mol. The summed E-state index contributed by atoms with van der Waals surface area (Å²) in [5.74, 6) is -0.349. The van der Waals surface area contributed by atoms with Gasteiger partial charge in [-0.15, -0.1) is 0 Å². The van der Waals surface area contributed by atoms with Crippen molar-refractivity contribution in [2.75, 3.05) is 13.1 Å². The highest BCUT2D eigenvalue weighted by Gasteiger charge is 2.25. The number of carbonyl (C=O) groups excluding carboxylic acids is 1. The first-order valence-corrected chi connectivity index (χ1v) is 7.32. The molecule has 1 saturated heterocycles. The molecule has 0 bridgehead atoms. The molecule has 2 rings (SSSR count). The van der Waals surface area contributed by atoms with E-state index in [0.717, 1.165) is 43.1 Å². The highest BCUT2D eigenvalue weighted by Crippen LogP contribution is 2.22. The second-order valence-corrected chi connectivity index (χ2v) is 5.56. The number of hydrogen-bond acceptors (Lipinski definition) is 2. The molecule has 1 aromatic carbocycles. The molecule has 0 aliphatic carbocycles. The first kappa shape index (κ1) is 15.3. The van der Waals surface area contributed by atoms with Gasteiger partial charge in [-0.2, -0.15) is 0 Å². The van der Waals surface area contributed by atoms with Gasteiger partial charge in [-0.05, 0) is 48.6 Å². The summed E-state index contributed by atoms with van der Waals surface area (Å²) in [5.41, 5.74) is 2.36. The molecule has 0 spiro atoms. The second kappa shape index (κ2) is 6.57. The summed E-state index contributed by atoms with van der Waals surface area (Å²) in [5, 5.41) is 8.71. The van der Waals surface area contributed by atoms with Crippen LogP contribution in [0.15, 0.2) is 24.3 Å². The minimum Gasteiger partial charge on any atom is -0.478 e. The molecule has 1 N–H and O–H groups in total. The number of benzene rings is 1. The number of rotatable bonds is 4. The van der Waals surface area contributed by atoms with Gasteiger partial charge < -0.3 is 10.0 Å². The maximum atomic E-state index is 12.5. The largest absolute Gasteiger partial charge is 0.478 e. The molecular weight excluding hydrogens is 266 g/mol. The van der Waals surface area contributed by atoms with E-state index >= 15 is 0 Å². The van der Waals surface area contributed by atoms with Crippen molar-refractivity contribution in [3.05, 3.63) is 41.0 Å². The van der Waals surface area contributed by atoms with Crippen LogP contribution >= 0.6 is 0 Å². The molecule has 1 fully saturated rings. The number of nitrogens with zero attached hydrogens (tertiary/aromatic N) is 1. The van der Waals surface area contributed by atoms with Crippen LogP contribution in [0.2, 0.25) is 0 Å². The number of amides is 1. The second-order valence-electron chi connectivity index (χ2n) is 5.56. The predicted octanol–water partition coefficient (Wildman–Crippen LogP) is 2.96. The summed E-state index contributed by atoms with van der Waals surface area (Å²) in [6, 6.07) is 5.45. The number of aryl methyl sites for hydroxylation is 1. The van der Waals surface area contributed by atoms with Crippen LogP contribution in [-0.4, -0.2) is 35.0 Å². The normalized spacial score (nSPS) is 18.4. The lowest BCUT2D eigenvalue weighted by molar-refractivity contribution is -0.131. The fourth-order valence-corrected chi connectivity index (χ4v) is 2.65. The van der Waals surface area contributed by atoms with E-state index < -0.39 is 5.97 Å². The monoisotopic (exact) mass is 287 g/mol. The Kier molecular flexibility index (Phi) is 4.78. The minimum atomic E-state index is -0.989. The molecule has 0 saturated carbocycles. The lowest BCUT2D eigenvalue weighted by Crippen LogP contribution is -2.28. The number of likely N-dealkylation sites (tertiary alicyclic amines) is 1. The SMILES string of the molecule is CCC1CCN(C(=O)c2ccc(C)c(/C=C/C(=O)O)c2)C1. The number of hydrogen-bond donors (Lipinski definition) is 1. The summed E-state index contributed by atoms with van der Waals surface area (Å²) < 4.78 is 0. The molecule has 1 aliphatic rings. The zero-order chi connectivity index (χ0) is 15.4. The van der Waals surface area contributed by atoms with E-state index in [1.165, 1.54) is 6.08 Å². The van der Waals surface area contributed by atoms with E-state index in [1.807, 2.05) is 24.0 Å². The van der Waals surface area contributed by atoms with Gasteiger partial charge in [0.05, 0.1) is 0 Å². The van der Waals surface area contributed by atoms with Crippen LogP contribution in [0.25, 0.3) is 6.08 Å². The molecule has 0 radical (unpaired) electrons. The van der Waals surface area contributed by atoms with Gasteiger partial charge in [0, 0.05) is 24.7 Å². The molecule has 1 aliphatic heterocycles. The third-order valence-corrected chi connectivity index (χ3v) is 4.08. The maximum Gasteiger partial charge on any atom is 0.328 e. The molecule has 4 heteroatoms. The molecule has 112 valence electrons. The van der Waals surface area contributed by atoms with Gasteiger partial charge in [-0.3, -0.25) is 4.79 Å². The topological polar surface area (TPSA) is 57.6 Å². The summed E-state index contributed by atoms with van der Waals surface area (Å²) in [7, 11) is 0. The molecule has 1 aromatic rings. The van der Waals surface area contributed by atoms with Crippen LogP contribution in [0.5, 0.6) is 0 Å². The Morgan fingerprint density at radius 1 is 1.43 bits per heavy atom. The quantitative estimate of drug-likeness (QED) is 0.866. The molecule has 4 nitrogen and oxygen atoms in total. The van der Waals surface area contributed by atoms with Crippen molar-refractivity contribution in [2.45, 2.75) is 26.7 Å². The molecule has 1 amide bonds. The van der Waals surface area contributed by atoms with E-state index in [4.69, 9.17) is 5.11 Å². The van der Waals surface area contributed by atoms with Gasteiger partial charge >= 0.3 is 5.97 Å². The lowest BCUT2D eigenvalue weighted by Gasteiger charge is -2.17. The Labute approximate surface area is 125 Å². The third-order valence-electron chi connectivity index (χ3n) is 4.08. The van der Waals surface area contributed by atoms with E-state index in [9.17, 15) is 9.59 Å². The van der Waals surface area contributed by atoms with Gasteiger partial charge in [-0.1, -0.05) is 19.4 Å². The molecular formula is C17H21NO3. The minimum absolute atomic E-state index is 0.0379. The zero-order valence-electron chi connectivity index (χ0n) is 12.5. The molecule has 21 heavy (non-hydrogen) atoms. The van der Waals surface area contributed by atoms with Crippen molar-refractivity contribution in [3.63, 3.8) is 0 Å². The number of carboxylic acid groups (broad SMARTS) is 1. The van der Waals surface area contributed by atoms with Crippen molar-refractivity contribution in [1.29, 1.82) is 0 Å². The Hall–Kier alpha value is -2.10. The fraction of sp³-hybridized carbons (Fsp3) is 0.412. The van der Waals surface area contributed by atoms with Crippen LogP contribution in [-0.2, 0) is 4.79 Å². The number of carbonyl (C=O) groups is 2. The predicted molar refractivity (Wildman–Crippen MR) is 82.2 cm³/mol. The van der Waals surface area contributed by atoms with Crippen molar-refractivity contribution in [3.8, 4) is 0 Å². The highest BCUT2D eigenvalue weighted by molar-refractivity contribution is 5.95. The molecule has 1 atom stereocenters. The van der Waals surface area contributed by atoms with Crippen LogP contribution in [0.1, 0.15) is 41.3 Å². The lowest BCUT2D eigenvalue weighted by atomic mass is 10.0. The number of aliphatic carboxylic acids is 1. The first-order valence-electron chi connectivity index (χ1n) is 7.32. The summed E-state index contributed by atoms with van der Waals surface area (Å²) in [4.78, 5) is 25.0. The molecule has 1 unspecified atom stereocenters. The van der Waals surface area contributed by atoms with Crippen LogP contribution in [0, 0.1) is 12.8 Å². The van der Waals surface area contributed by atoms with Gasteiger partial charge in [0.25, 0.3) is 5.91 Å². The zero-order valence-corrected chi connectivity index (χ0v) is 12.5. The fourth-order valence-electron chi connectivity index (χ4n) is 2.65. The van der Waals surface area contributed by atoms with Gasteiger partial charge in [0.2, 0.25) is 0 Å². The molecule has 1 heterocycles. The third kappa shape index (κ3) is 3.72. The van der Waals surface area contributed by atoms with Gasteiger partial charge in [0.15, 0.2) is 0 Å². The first-order chi connectivity index (χ1) is 10.0. The van der Waals surface area contributed by atoms with Crippen molar-refractivity contribution in [1.82, 2.24) is 4.90 Å². The van der Waals surface area contributed by atoms with Crippen molar-refractivity contribution >= 4 is 18.0 Å². The summed E-state index contributed by atoms with van der Waals surface area (Å²) in [6.45, 7) is 5.69. The standard InChI is InChI=1S/C17H21NO3/c1-3-13-8-9-18(11-13)17(21)15-5-4-12(2)14(10-15)6-7-16(19)20/h4-7,10,13H,3,8-9,11H2,1-2H3,(H,19,20)/b7-6+. The smallest absolute Gasteiger partial charge is 0.328 e. The Balaban J connectivity index is 2.18. The van der Waals surface area contributed by atoms with Crippen LogP contribution in [0.3, 0.4) is 0 Å². The van der Waals surface area contributed by atoms with Crippen LogP contribution < -0.4 is 0 Å². The van der Waals surface area contributed by atoms with Gasteiger partial charge in [0.1, 0.15) is 0 Å². The molecule has 0 aromatic heterocycles. The average Bonchev–Trinajstić information content (AvgIpc) is 2.94. The highest BCUT2D eigenvalue weighted by atomic mass is 16.4. The Bertz CT molecular complexity index is 577. The Morgan fingerprint density at radius 2 is 2.19 bits per heavy atom. The van der Waals surface area contributed by atoms with Crippen molar-refractivity contribution < 1.29 is 14.7 Å². The van der Waals surface area contributed by atoms with Crippen LogP contribution in [0.4, 0.5) is 0 Å². The van der Waals surface area contributed by atoms with E-state index in [2.05, 4.69) is 6.92 Å². The summed E-state index contributed by atoms with van der Waals surface area (Å²) >= 11 is 0. The maximum absolute atomic E-state index is 12.5.